The summed E-state index contributed by atoms with van der Waals surface area (Å²) in [6.07, 6.45) is 10.3. The van der Waals surface area contributed by atoms with Crippen LogP contribution in [0, 0.1) is 0 Å². The molecule has 1 aliphatic carbocycles. The van der Waals surface area contributed by atoms with Crippen molar-refractivity contribution in [1.29, 1.82) is 0 Å². The lowest BCUT2D eigenvalue weighted by atomic mass is 9.97. The number of sulfonamides is 1. The topological polar surface area (TPSA) is 86.8 Å². The van der Waals surface area contributed by atoms with Crippen LogP contribution in [-0.4, -0.2) is 55.1 Å². The normalized spacial score (nSPS) is 16.9. The lowest BCUT2D eigenvalue weighted by Crippen LogP contribution is -2.47. The number of nitrogens with zero attached hydrogens (tertiary/aromatic N) is 2. The molecule has 4 rings (SSSR count). The van der Waals surface area contributed by atoms with Crippen molar-refractivity contribution in [2.24, 2.45) is 0 Å². The molecule has 2 aliphatic rings. The van der Waals surface area contributed by atoms with Gasteiger partial charge in [-0.05, 0) is 81.5 Å². The number of benzene rings is 2. The van der Waals surface area contributed by atoms with Gasteiger partial charge in [0.25, 0.3) is 0 Å². The molecule has 0 saturated carbocycles. The first kappa shape index (κ1) is 29.0. The summed E-state index contributed by atoms with van der Waals surface area (Å²) < 4.78 is 27.1. The summed E-state index contributed by atoms with van der Waals surface area (Å²) in [5.74, 6) is -0.252. The predicted molar refractivity (Wildman–Crippen MR) is 153 cm³/mol. The summed E-state index contributed by atoms with van der Waals surface area (Å²) in [5, 5.41) is 3.03. The molecular formula is C31H41N3O4S. The Balaban J connectivity index is 1.37. The highest BCUT2D eigenvalue weighted by Gasteiger charge is 2.28. The van der Waals surface area contributed by atoms with Gasteiger partial charge in [-0.2, -0.15) is 4.31 Å². The maximum absolute atomic E-state index is 13.4. The van der Waals surface area contributed by atoms with Gasteiger partial charge in [0, 0.05) is 32.6 Å². The average Bonchev–Trinajstić information content (AvgIpc) is 3.52. The van der Waals surface area contributed by atoms with E-state index in [0.717, 1.165) is 43.2 Å². The molecule has 0 spiro atoms. The summed E-state index contributed by atoms with van der Waals surface area (Å²) >= 11 is 0. The minimum atomic E-state index is -3.46. The quantitative estimate of drug-likeness (QED) is 0.383. The summed E-state index contributed by atoms with van der Waals surface area (Å²) in [5.41, 5.74) is 3.27. The number of hydrogen-bond donors (Lipinski definition) is 1. The maximum atomic E-state index is 13.4. The summed E-state index contributed by atoms with van der Waals surface area (Å²) in [6, 6.07) is 15.9. The second-order valence-electron chi connectivity index (χ2n) is 10.6. The first-order chi connectivity index (χ1) is 18.8. The molecule has 0 bridgehead atoms. The zero-order valence-corrected chi connectivity index (χ0v) is 23.8. The van der Waals surface area contributed by atoms with Gasteiger partial charge in [-0.3, -0.25) is 9.59 Å². The van der Waals surface area contributed by atoms with Crippen LogP contribution >= 0.6 is 0 Å². The van der Waals surface area contributed by atoms with Gasteiger partial charge < -0.3 is 10.2 Å². The Morgan fingerprint density at radius 3 is 2.31 bits per heavy atom. The number of amides is 2. The van der Waals surface area contributed by atoms with E-state index in [1.54, 1.807) is 36.1 Å². The molecule has 39 heavy (non-hydrogen) atoms. The van der Waals surface area contributed by atoms with Gasteiger partial charge in [-0.1, -0.05) is 54.1 Å². The van der Waals surface area contributed by atoms with Crippen LogP contribution in [0.25, 0.3) is 0 Å². The van der Waals surface area contributed by atoms with E-state index in [1.807, 2.05) is 30.3 Å². The Bertz CT molecular complexity index is 1240. The zero-order chi connectivity index (χ0) is 27.7. The average molecular weight is 552 g/mol. The van der Waals surface area contributed by atoms with E-state index in [1.165, 1.54) is 22.7 Å². The van der Waals surface area contributed by atoms with E-state index in [9.17, 15) is 18.0 Å². The monoisotopic (exact) mass is 551 g/mol. The third-order valence-corrected chi connectivity index (χ3v) is 9.66. The molecule has 2 aromatic carbocycles. The number of carbonyl (C=O) groups excluding carboxylic acids is 2. The Kier molecular flexibility index (Phi) is 10.3. The van der Waals surface area contributed by atoms with Crippen molar-refractivity contribution in [1.82, 2.24) is 14.5 Å². The molecule has 1 fully saturated rings. The van der Waals surface area contributed by atoms with Gasteiger partial charge >= 0.3 is 0 Å². The third kappa shape index (κ3) is 8.02. The van der Waals surface area contributed by atoms with E-state index in [0.29, 0.717) is 37.5 Å². The summed E-state index contributed by atoms with van der Waals surface area (Å²) in [4.78, 5) is 28.4. The molecule has 1 saturated heterocycles. The molecule has 2 amide bonds. The first-order valence-corrected chi connectivity index (χ1v) is 15.7. The number of aryl methyl sites for hydroxylation is 1. The van der Waals surface area contributed by atoms with Gasteiger partial charge in [-0.15, -0.1) is 0 Å². The fourth-order valence-corrected chi connectivity index (χ4v) is 6.81. The largest absolute Gasteiger partial charge is 0.354 e. The second-order valence-corrected chi connectivity index (χ2v) is 12.5. The Morgan fingerprint density at radius 2 is 1.64 bits per heavy atom. The Hall–Kier alpha value is -2.97. The minimum absolute atomic E-state index is 0.106. The summed E-state index contributed by atoms with van der Waals surface area (Å²) in [7, 11) is -3.46. The van der Waals surface area contributed by atoms with E-state index < -0.39 is 16.1 Å². The van der Waals surface area contributed by atoms with Crippen molar-refractivity contribution < 1.29 is 18.0 Å². The molecular weight excluding hydrogens is 510 g/mol. The molecule has 7 nitrogen and oxygen atoms in total. The standard InChI is InChI=1S/C31H41N3O4S/c1-25(31(36)32-21-20-26-10-4-2-5-11-26)34(24-28-12-6-3-7-13-28)30(35)19-16-27-14-17-29(18-15-27)39(37,38)33-22-8-9-23-33/h3,6-7,10,12-15,17-18,25H,2,4-5,8-9,11,16,19-24H2,1H3,(H,32,36). The number of rotatable bonds is 12. The van der Waals surface area contributed by atoms with E-state index >= 15 is 0 Å². The smallest absolute Gasteiger partial charge is 0.243 e. The fraction of sp³-hybridized carbons (Fsp3) is 0.484. The molecule has 1 heterocycles. The van der Waals surface area contributed by atoms with Gasteiger partial charge in [-0.25, -0.2) is 8.42 Å². The number of allylic oxidation sites excluding steroid dienone is 1. The molecule has 0 radical (unpaired) electrons. The van der Waals surface area contributed by atoms with Crippen LogP contribution in [0.1, 0.15) is 69.4 Å². The van der Waals surface area contributed by atoms with Crippen molar-refractivity contribution in [3.8, 4) is 0 Å². The zero-order valence-electron chi connectivity index (χ0n) is 23.0. The number of nitrogens with one attached hydrogen (secondary N) is 1. The maximum Gasteiger partial charge on any atom is 0.243 e. The van der Waals surface area contributed by atoms with Crippen molar-refractivity contribution in [3.05, 3.63) is 77.4 Å². The van der Waals surface area contributed by atoms with Gasteiger partial charge in [0.1, 0.15) is 6.04 Å². The van der Waals surface area contributed by atoms with Crippen LogP contribution in [0.3, 0.4) is 0 Å². The van der Waals surface area contributed by atoms with Crippen molar-refractivity contribution >= 4 is 21.8 Å². The van der Waals surface area contributed by atoms with Crippen LogP contribution in [-0.2, 0) is 32.6 Å². The van der Waals surface area contributed by atoms with Crippen LogP contribution in [0.5, 0.6) is 0 Å². The van der Waals surface area contributed by atoms with Crippen LogP contribution in [0.4, 0.5) is 0 Å². The fourth-order valence-electron chi connectivity index (χ4n) is 5.29. The SMILES string of the molecule is CC(C(=O)NCCC1=CCCCC1)N(Cc1ccccc1)C(=O)CCc1ccc(S(=O)(=O)N2CCCC2)cc1. The molecule has 1 unspecified atom stereocenters. The minimum Gasteiger partial charge on any atom is -0.354 e. The van der Waals surface area contributed by atoms with Crippen LogP contribution in [0.15, 0.2) is 71.1 Å². The highest BCUT2D eigenvalue weighted by molar-refractivity contribution is 7.89. The van der Waals surface area contributed by atoms with Crippen LogP contribution < -0.4 is 5.32 Å². The highest BCUT2D eigenvalue weighted by Crippen LogP contribution is 2.22. The molecule has 1 atom stereocenters. The van der Waals surface area contributed by atoms with Gasteiger partial charge in [0.2, 0.25) is 21.8 Å². The molecule has 210 valence electrons. The number of hydrogen-bond acceptors (Lipinski definition) is 4. The predicted octanol–water partition coefficient (Wildman–Crippen LogP) is 4.83. The Labute approximate surface area is 233 Å². The second kappa shape index (κ2) is 13.9. The van der Waals surface area contributed by atoms with E-state index in [2.05, 4.69) is 11.4 Å². The summed E-state index contributed by atoms with van der Waals surface area (Å²) in [6.45, 7) is 3.86. The molecule has 1 aliphatic heterocycles. The molecule has 1 N–H and O–H groups in total. The van der Waals surface area contributed by atoms with E-state index in [4.69, 9.17) is 0 Å². The molecule has 2 aromatic rings. The number of carbonyl (C=O) groups is 2. The van der Waals surface area contributed by atoms with Crippen LogP contribution in [0.2, 0.25) is 0 Å². The van der Waals surface area contributed by atoms with E-state index in [-0.39, 0.29) is 18.2 Å². The van der Waals surface area contributed by atoms with Crippen molar-refractivity contribution in [3.63, 3.8) is 0 Å². The Morgan fingerprint density at radius 1 is 0.923 bits per heavy atom. The lowest BCUT2D eigenvalue weighted by Gasteiger charge is -2.29. The molecule has 8 heteroatoms. The van der Waals surface area contributed by atoms with Crippen molar-refractivity contribution in [2.75, 3.05) is 19.6 Å². The third-order valence-electron chi connectivity index (χ3n) is 7.75. The lowest BCUT2D eigenvalue weighted by molar-refractivity contribution is -0.140. The van der Waals surface area contributed by atoms with Gasteiger partial charge in [0.15, 0.2) is 0 Å². The van der Waals surface area contributed by atoms with Crippen molar-refractivity contribution in [2.45, 2.75) is 82.2 Å². The highest BCUT2D eigenvalue weighted by atomic mass is 32.2. The first-order valence-electron chi connectivity index (χ1n) is 14.2. The van der Waals surface area contributed by atoms with Gasteiger partial charge in [0.05, 0.1) is 4.90 Å². The molecule has 0 aromatic heterocycles.